The zero-order chi connectivity index (χ0) is 13.9. The second-order valence-corrected chi connectivity index (χ2v) is 4.78. The van der Waals surface area contributed by atoms with Gasteiger partial charge in [-0.25, -0.2) is 14.2 Å². The maximum Gasteiger partial charge on any atom is 0.340 e. The zero-order valence-corrected chi connectivity index (χ0v) is 12.3. The summed E-state index contributed by atoms with van der Waals surface area (Å²) in [6.07, 6.45) is 1.38. The topological polar surface area (TPSA) is 41.9 Å². The van der Waals surface area contributed by atoms with Gasteiger partial charge in [-0.15, -0.1) is 0 Å². The van der Waals surface area contributed by atoms with Crippen molar-refractivity contribution in [2.24, 2.45) is 4.99 Å². The summed E-state index contributed by atoms with van der Waals surface area (Å²) < 4.78 is 18.6. The van der Waals surface area contributed by atoms with Crippen LogP contribution in [-0.4, -0.2) is 38.4 Å². The highest BCUT2D eigenvalue weighted by Crippen LogP contribution is 2.35. The molecule has 0 unspecified atom stereocenters. The van der Waals surface area contributed by atoms with E-state index >= 15 is 0 Å². The Morgan fingerprint density at radius 3 is 2.72 bits per heavy atom. The van der Waals surface area contributed by atoms with Gasteiger partial charge in [0.1, 0.15) is 5.69 Å². The number of rotatable bonds is 3. The molecule has 0 aliphatic carbocycles. The van der Waals surface area contributed by atoms with Crippen molar-refractivity contribution in [3.05, 3.63) is 26.9 Å². The molecule has 0 amide bonds. The summed E-state index contributed by atoms with van der Waals surface area (Å²) in [5.41, 5.74) is -0.145. The molecule has 1 aromatic carbocycles. The highest BCUT2D eigenvalue weighted by Gasteiger charge is 2.20. The van der Waals surface area contributed by atoms with Crippen molar-refractivity contribution >= 4 is 45.5 Å². The van der Waals surface area contributed by atoms with Crippen LogP contribution in [0.15, 0.2) is 15.5 Å². The van der Waals surface area contributed by atoms with Crippen molar-refractivity contribution < 1.29 is 13.9 Å². The van der Waals surface area contributed by atoms with Gasteiger partial charge < -0.3 is 9.64 Å². The fourth-order valence-electron chi connectivity index (χ4n) is 1.15. The van der Waals surface area contributed by atoms with Crippen LogP contribution < -0.4 is 0 Å². The lowest BCUT2D eigenvalue weighted by atomic mass is 10.1. The van der Waals surface area contributed by atoms with Crippen LogP contribution in [0.25, 0.3) is 0 Å². The lowest BCUT2D eigenvalue weighted by Crippen LogP contribution is -2.08. The number of aliphatic imine (C=N–C) groups is 1. The first-order chi connectivity index (χ1) is 8.38. The molecule has 0 spiro atoms. The number of halogens is 3. The fraction of sp³-hybridized carbons (Fsp3) is 0.273. The van der Waals surface area contributed by atoms with Crippen molar-refractivity contribution in [1.29, 1.82) is 0 Å². The van der Waals surface area contributed by atoms with Gasteiger partial charge in [0.2, 0.25) is 0 Å². The van der Waals surface area contributed by atoms with Gasteiger partial charge in [-0.2, -0.15) is 0 Å². The summed E-state index contributed by atoms with van der Waals surface area (Å²) in [4.78, 5) is 17.1. The summed E-state index contributed by atoms with van der Waals surface area (Å²) in [5, 5.41) is 0.0803. The van der Waals surface area contributed by atoms with Crippen LogP contribution in [0.1, 0.15) is 10.4 Å². The lowest BCUT2D eigenvalue weighted by molar-refractivity contribution is 0.0601. The summed E-state index contributed by atoms with van der Waals surface area (Å²) in [7, 11) is 4.66. The number of esters is 1. The number of ether oxygens (including phenoxy) is 1. The van der Waals surface area contributed by atoms with Crippen LogP contribution in [0.4, 0.5) is 10.1 Å². The predicted octanol–water partition coefficient (Wildman–Crippen LogP) is 3.25. The van der Waals surface area contributed by atoms with Gasteiger partial charge in [0, 0.05) is 14.1 Å². The van der Waals surface area contributed by atoms with E-state index in [1.165, 1.54) is 19.5 Å². The van der Waals surface area contributed by atoms with Gasteiger partial charge in [0.25, 0.3) is 0 Å². The van der Waals surface area contributed by atoms with Crippen molar-refractivity contribution in [1.82, 2.24) is 4.90 Å². The zero-order valence-electron chi connectivity index (χ0n) is 10.00. The molecule has 0 radical (unpaired) electrons. The Hall–Kier alpha value is -1.14. The molecule has 0 fully saturated rings. The van der Waals surface area contributed by atoms with Gasteiger partial charge >= 0.3 is 5.97 Å². The molecule has 98 valence electrons. The summed E-state index contributed by atoms with van der Waals surface area (Å²) in [5.74, 6) is -1.41. The maximum atomic E-state index is 14.0. The lowest BCUT2D eigenvalue weighted by Gasteiger charge is -2.09. The van der Waals surface area contributed by atoms with Crippen LogP contribution in [0.3, 0.4) is 0 Å². The van der Waals surface area contributed by atoms with Crippen LogP contribution in [0.2, 0.25) is 5.02 Å². The van der Waals surface area contributed by atoms with Crippen LogP contribution in [-0.2, 0) is 4.74 Å². The molecule has 7 heteroatoms. The van der Waals surface area contributed by atoms with Gasteiger partial charge in [-0.05, 0) is 22.0 Å². The third-order valence-corrected chi connectivity index (χ3v) is 3.26. The number of carbonyl (C=O) groups is 1. The monoisotopic (exact) mass is 336 g/mol. The normalized spacial score (nSPS) is 10.8. The molecule has 0 atom stereocenters. The maximum absolute atomic E-state index is 14.0. The molecule has 0 saturated heterocycles. The minimum atomic E-state index is -0.707. The molecule has 0 saturated carbocycles. The van der Waals surface area contributed by atoms with Crippen molar-refractivity contribution in [3.63, 3.8) is 0 Å². The first-order valence-electron chi connectivity index (χ1n) is 4.85. The number of hydrogen-bond donors (Lipinski definition) is 0. The molecule has 0 aromatic heterocycles. The molecule has 1 rings (SSSR count). The molecular weight excluding hydrogens is 326 g/mol. The molecule has 1 aromatic rings. The van der Waals surface area contributed by atoms with Crippen LogP contribution in [0, 0.1) is 5.82 Å². The van der Waals surface area contributed by atoms with E-state index in [1.54, 1.807) is 19.0 Å². The van der Waals surface area contributed by atoms with Crippen LogP contribution >= 0.6 is 27.5 Å². The molecule has 0 bridgehead atoms. The highest BCUT2D eigenvalue weighted by molar-refractivity contribution is 9.10. The number of hydrogen-bond acceptors (Lipinski definition) is 3. The Morgan fingerprint density at radius 1 is 1.61 bits per heavy atom. The molecule has 0 aliphatic rings. The Morgan fingerprint density at radius 2 is 2.22 bits per heavy atom. The summed E-state index contributed by atoms with van der Waals surface area (Å²) in [6.45, 7) is 0. The van der Waals surface area contributed by atoms with E-state index in [-0.39, 0.29) is 20.7 Å². The van der Waals surface area contributed by atoms with E-state index in [0.29, 0.717) is 0 Å². The average Bonchev–Trinajstić information content (AvgIpc) is 2.33. The number of nitrogens with zero attached hydrogens (tertiary/aromatic N) is 2. The number of methoxy groups -OCH3 is 1. The first-order valence-corrected chi connectivity index (χ1v) is 6.02. The van der Waals surface area contributed by atoms with E-state index in [2.05, 4.69) is 25.7 Å². The SMILES string of the molecule is COC(=O)c1cc(Cl)c(Br)c(F)c1N=CN(C)C. The standard InChI is InChI=1S/C11H11BrClFN2O2/c1-16(2)5-15-10-6(11(17)18-3)4-7(13)8(12)9(10)14/h4-5H,1-3H3. The molecular formula is C11H11BrClFN2O2. The largest absolute Gasteiger partial charge is 0.465 e. The summed E-state index contributed by atoms with van der Waals surface area (Å²) in [6, 6.07) is 1.31. The summed E-state index contributed by atoms with van der Waals surface area (Å²) >= 11 is 8.79. The average molecular weight is 338 g/mol. The van der Waals surface area contributed by atoms with Crippen molar-refractivity contribution in [3.8, 4) is 0 Å². The van der Waals surface area contributed by atoms with E-state index in [9.17, 15) is 9.18 Å². The van der Waals surface area contributed by atoms with Crippen LogP contribution in [0.5, 0.6) is 0 Å². The minimum absolute atomic E-state index is 0.0266. The minimum Gasteiger partial charge on any atom is -0.465 e. The molecule has 18 heavy (non-hydrogen) atoms. The van der Waals surface area contributed by atoms with Crippen molar-refractivity contribution in [2.45, 2.75) is 0 Å². The van der Waals surface area contributed by atoms with Gasteiger partial charge in [0.15, 0.2) is 5.82 Å². The predicted molar refractivity (Wildman–Crippen MR) is 72.3 cm³/mol. The van der Waals surface area contributed by atoms with Gasteiger partial charge in [-0.1, -0.05) is 11.6 Å². The quantitative estimate of drug-likeness (QED) is 0.368. The molecule has 0 N–H and O–H groups in total. The molecule has 4 nitrogen and oxygen atoms in total. The second kappa shape index (κ2) is 6.15. The molecule has 0 heterocycles. The van der Waals surface area contributed by atoms with Crippen molar-refractivity contribution in [2.75, 3.05) is 21.2 Å². The Balaban J connectivity index is 3.44. The second-order valence-electron chi connectivity index (χ2n) is 3.58. The third kappa shape index (κ3) is 3.20. The smallest absolute Gasteiger partial charge is 0.340 e. The van der Waals surface area contributed by atoms with E-state index < -0.39 is 11.8 Å². The first kappa shape index (κ1) is 14.9. The Labute approximate surface area is 118 Å². The Kier molecular flexibility index (Phi) is 5.10. The number of benzene rings is 1. The van der Waals surface area contributed by atoms with E-state index in [4.69, 9.17) is 11.6 Å². The number of carbonyl (C=O) groups excluding carboxylic acids is 1. The third-order valence-electron chi connectivity index (χ3n) is 1.96. The molecule has 0 aliphatic heterocycles. The Bertz CT molecular complexity index is 506. The van der Waals surface area contributed by atoms with Gasteiger partial charge in [-0.3, -0.25) is 0 Å². The fourth-order valence-corrected chi connectivity index (χ4v) is 1.64. The van der Waals surface area contributed by atoms with E-state index in [1.807, 2.05) is 0 Å². The van der Waals surface area contributed by atoms with E-state index in [0.717, 1.165) is 0 Å². The van der Waals surface area contributed by atoms with Gasteiger partial charge in [0.05, 0.1) is 28.5 Å². The highest BCUT2D eigenvalue weighted by atomic mass is 79.9.